The van der Waals surface area contributed by atoms with Crippen LogP contribution in [-0.2, 0) is 12.0 Å². The lowest BCUT2D eigenvalue weighted by atomic mass is 9.80. The zero-order valence-corrected chi connectivity index (χ0v) is 20.5. The van der Waals surface area contributed by atoms with Crippen molar-refractivity contribution in [1.82, 2.24) is 10.3 Å². The number of carbonyl (C=O) groups excluding carboxylic acids is 1. The van der Waals surface area contributed by atoms with Crippen LogP contribution in [0, 0.1) is 6.92 Å². The Morgan fingerprint density at radius 3 is 2.62 bits per heavy atom. The van der Waals surface area contributed by atoms with Gasteiger partial charge in [-0.05, 0) is 78.2 Å². The smallest absolute Gasteiger partial charge is 0.322 e. The zero-order valence-electron chi connectivity index (χ0n) is 19.6. The van der Waals surface area contributed by atoms with Gasteiger partial charge in [-0.1, -0.05) is 31.0 Å². The average Bonchev–Trinajstić information content (AvgIpc) is 3.48. The Morgan fingerprint density at radius 2 is 1.94 bits per heavy atom. The third-order valence-electron chi connectivity index (χ3n) is 7.23. The highest BCUT2D eigenvalue weighted by molar-refractivity contribution is 7.97. The van der Waals surface area contributed by atoms with E-state index in [1.54, 1.807) is 7.11 Å². The number of nitrogens with one attached hydrogen (secondary N) is 1. The molecule has 34 heavy (non-hydrogen) atoms. The summed E-state index contributed by atoms with van der Waals surface area (Å²) in [7, 11) is 1.63. The van der Waals surface area contributed by atoms with Gasteiger partial charge in [0.05, 0.1) is 7.11 Å². The Kier molecular flexibility index (Phi) is 6.23. The molecule has 0 radical (unpaired) electrons. The van der Waals surface area contributed by atoms with Crippen molar-refractivity contribution in [3.8, 4) is 17.0 Å². The first-order valence-corrected chi connectivity index (χ1v) is 12.6. The Hall–Kier alpha value is -3.03. The third kappa shape index (κ3) is 4.14. The van der Waals surface area contributed by atoms with Gasteiger partial charge in [0.15, 0.2) is 0 Å². The molecule has 1 saturated carbocycles. The van der Waals surface area contributed by atoms with Gasteiger partial charge in [-0.25, -0.2) is 9.78 Å². The van der Waals surface area contributed by atoms with Crippen LogP contribution in [0.3, 0.4) is 0 Å². The topological polar surface area (TPSA) is 80.5 Å². The molecule has 7 heteroatoms. The molecule has 176 valence electrons. The zero-order chi connectivity index (χ0) is 23.7. The number of ether oxygens (including phenoxy) is 1. The fourth-order valence-corrected chi connectivity index (χ4v) is 5.69. The van der Waals surface area contributed by atoms with Crippen molar-refractivity contribution >= 4 is 23.7 Å². The molecular formula is C27H30N4O2S. The van der Waals surface area contributed by atoms with Crippen LogP contribution in [0.4, 0.5) is 10.5 Å². The van der Waals surface area contributed by atoms with E-state index in [1.165, 1.54) is 30.4 Å². The largest absolute Gasteiger partial charge is 0.481 e. The first-order valence-electron chi connectivity index (χ1n) is 11.7. The van der Waals surface area contributed by atoms with Crippen molar-refractivity contribution in [2.75, 3.05) is 18.6 Å². The number of hydrogen-bond acceptors (Lipinski definition) is 5. The lowest BCUT2D eigenvalue weighted by Gasteiger charge is -2.25. The van der Waals surface area contributed by atoms with Crippen molar-refractivity contribution in [2.45, 2.75) is 49.5 Å². The molecule has 1 aromatic heterocycles. The van der Waals surface area contributed by atoms with Crippen molar-refractivity contribution in [3.05, 3.63) is 71.4 Å². The summed E-state index contributed by atoms with van der Waals surface area (Å²) in [6, 6.07) is 16.4. The van der Waals surface area contributed by atoms with Crippen LogP contribution in [0.1, 0.15) is 42.4 Å². The van der Waals surface area contributed by atoms with Crippen LogP contribution >= 0.6 is 11.9 Å². The van der Waals surface area contributed by atoms with Gasteiger partial charge in [0.1, 0.15) is 0 Å². The van der Waals surface area contributed by atoms with E-state index >= 15 is 0 Å². The van der Waals surface area contributed by atoms with Gasteiger partial charge in [-0.3, -0.25) is 10.0 Å². The normalized spacial score (nSPS) is 16.0. The van der Waals surface area contributed by atoms with Crippen molar-refractivity contribution in [3.63, 3.8) is 0 Å². The van der Waals surface area contributed by atoms with Crippen LogP contribution in [0.5, 0.6) is 5.88 Å². The molecule has 0 saturated heterocycles. The number of nitrogens with zero attached hydrogens (tertiary/aromatic N) is 2. The van der Waals surface area contributed by atoms with Gasteiger partial charge in [-0.15, -0.1) is 0 Å². The highest BCUT2D eigenvalue weighted by Gasteiger charge is 2.46. The average molecular weight is 475 g/mol. The second kappa shape index (κ2) is 9.31. The number of nitrogens with two attached hydrogens (primary N) is 1. The quantitative estimate of drug-likeness (QED) is 0.472. The van der Waals surface area contributed by atoms with Gasteiger partial charge in [0.25, 0.3) is 0 Å². The maximum absolute atomic E-state index is 13.3. The molecule has 1 aliphatic heterocycles. The number of rotatable bonds is 5. The van der Waals surface area contributed by atoms with E-state index in [0.29, 0.717) is 12.4 Å². The van der Waals surface area contributed by atoms with E-state index in [1.807, 2.05) is 41.4 Å². The van der Waals surface area contributed by atoms with Crippen LogP contribution in [0.2, 0.25) is 0 Å². The number of aryl methyl sites for hydroxylation is 1. The number of carbonyl (C=O) groups is 1. The number of anilines is 1. The molecule has 0 bridgehead atoms. The van der Waals surface area contributed by atoms with Gasteiger partial charge >= 0.3 is 6.03 Å². The Bertz CT molecular complexity index is 1210. The number of amides is 2. The number of benzene rings is 2. The molecule has 1 spiro atoms. The van der Waals surface area contributed by atoms with Gasteiger partial charge in [0.2, 0.25) is 5.88 Å². The van der Waals surface area contributed by atoms with Crippen LogP contribution in [0.15, 0.2) is 59.6 Å². The summed E-state index contributed by atoms with van der Waals surface area (Å²) in [5.74, 6) is 0.619. The standard InChI is InChI=1S/C27H30N4O2S/c1-18-13-25(33-2)29-16-22(18)20-7-10-24-23(14-20)27(11-3-4-12-27)17-31(24)26(32)30-15-19-5-8-21(34-28)9-6-19/h5-10,13-14,16H,3-4,11-12,15,17,28H2,1-2H3,(H,30,32). The molecule has 2 amide bonds. The minimum atomic E-state index is -0.0441. The third-order valence-corrected chi connectivity index (χ3v) is 7.78. The van der Waals surface area contributed by atoms with E-state index in [0.717, 1.165) is 52.2 Å². The van der Waals surface area contributed by atoms with Gasteiger partial charge in [-0.2, -0.15) is 0 Å². The molecule has 1 aliphatic carbocycles. The molecule has 2 aromatic carbocycles. The molecule has 3 N–H and O–H groups in total. The first kappa shape index (κ1) is 22.7. The van der Waals surface area contributed by atoms with E-state index in [2.05, 4.69) is 35.4 Å². The van der Waals surface area contributed by atoms with E-state index in [9.17, 15) is 4.79 Å². The van der Waals surface area contributed by atoms with E-state index < -0.39 is 0 Å². The summed E-state index contributed by atoms with van der Waals surface area (Å²) in [4.78, 5) is 20.7. The molecule has 2 heterocycles. The van der Waals surface area contributed by atoms with Crippen LogP contribution in [0.25, 0.3) is 11.1 Å². The molecule has 6 nitrogen and oxygen atoms in total. The predicted octanol–water partition coefficient (Wildman–Crippen LogP) is 5.57. The number of fused-ring (bicyclic) bond motifs is 2. The summed E-state index contributed by atoms with van der Waals surface area (Å²) in [6.07, 6.45) is 6.52. The highest BCUT2D eigenvalue weighted by atomic mass is 32.2. The molecule has 2 aliphatic rings. The SMILES string of the molecule is COc1cc(C)c(-c2ccc3c(c2)C2(CCCC2)CN3C(=O)NCc2ccc(SN)cc2)cn1. The maximum Gasteiger partial charge on any atom is 0.322 e. The van der Waals surface area contributed by atoms with E-state index in [4.69, 9.17) is 9.88 Å². The molecule has 5 rings (SSSR count). The molecular weight excluding hydrogens is 444 g/mol. The van der Waals surface area contributed by atoms with Crippen molar-refractivity contribution < 1.29 is 9.53 Å². The number of urea groups is 1. The summed E-state index contributed by atoms with van der Waals surface area (Å²) in [6.45, 7) is 3.30. The van der Waals surface area contributed by atoms with Crippen molar-refractivity contribution in [1.29, 1.82) is 0 Å². The fraction of sp³-hybridized carbons (Fsp3) is 0.333. The second-order valence-electron chi connectivity index (χ2n) is 9.27. The van der Waals surface area contributed by atoms with Crippen LogP contribution in [-0.4, -0.2) is 24.7 Å². The summed E-state index contributed by atoms with van der Waals surface area (Å²) >= 11 is 1.22. The number of methoxy groups -OCH3 is 1. The number of pyridine rings is 1. The molecule has 0 unspecified atom stereocenters. The summed E-state index contributed by atoms with van der Waals surface area (Å²) < 4.78 is 5.27. The monoisotopic (exact) mass is 474 g/mol. The summed E-state index contributed by atoms with van der Waals surface area (Å²) in [5, 5.41) is 8.73. The maximum atomic E-state index is 13.3. The minimum absolute atomic E-state index is 0.0382. The first-order chi connectivity index (χ1) is 16.5. The molecule has 0 atom stereocenters. The molecule has 3 aromatic rings. The van der Waals surface area contributed by atoms with Gasteiger partial charge in [0, 0.05) is 46.9 Å². The lowest BCUT2D eigenvalue weighted by molar-refractivity contribution is 0.245. The number of aromatic nitrogens is 1. The second-order valence-corrected chi connectivity index (χ2v) is 9.97. The Morgan fingerprint density at radius 1 is 1.18 bits per heavy atom. The number of hydrogen-bond donors (Lipinski definition) is 2. The minimum Gasteiger partial charge on any atom is -0.481 e. The fourth-order valence-electron chi connectivity index (χ4n) is 5.40. The van der Waals surface area contributed by atoms with Crippen LogP contribution < -0.4 is 20.1 Å². The Labute approximate surface area is 205 Å². The van der Waals surface area contributed by atoms with Gasteiger partial charge < -0.3 is 10.1 Å². The highest BCUT2D eigenvalue weighted by Crippen LogP contribution is 2.51. The summed E-state index contributed by atoms with van der Waals surface area (Å²) in [5.41, 5.74) is 6.76. The lowest BCUT2D eigenvalue weighted by Crippen LogP contribution is -2.41. The molecule has 1 fully saturated rings. The Balaban J connectivity index is 1.42. The van der Waals surface area contributed by atoms with E-state index in [-0.39, 0.29) is 11.4 Å². The van der Waals surface area contributed by atoms with Crippen molar-refractivity contribution in [2.24, 2.45) is 5.14 Å². The predicted molar refractivity (Wildman–Crippen MR) is 137 cm³/mol.